The highest BCUT2D eigenvalue weighted by molar-refractivity contribution is 4.71. The first-order chi connectivity index (χ1) is 5.26. The minimum Gasteiger partial charge on any atom is -0.330 e. The molecule has 0 rings (SSSR count). The molecule has 0 heterocycles. The molecule has 2 nitrogen and oxygen atoms in total. The Kier molecular flexibility index (Phi) is 6.57. The molecule has 0 spiro atoms. The monoisotopic (exact) mass is 158 g/mol. The number of hydrogen-bond donors (Lipinski definition) is 2. The molecule has 0 bridgehead atoms. The van der Waals surface area contributed by atoms with Gasteiger partial charge in [0, 0.05) is 6.04 Å². The zero-order valence-electron chi connectivity index (χ0n) is 7.84. The SMILES string of the molecule is CCCC(N)C(CC)CCN. The topological polar surface area (TPSA) is 52.0 Å². The van der Waals surface area contributed by atoms with Crippen molar-refractivity contribution in [1.82, 2.24) is 0 Å². The fourth-order valence-electron chi connectivity index (χ4n) is 1.50. The maximum Gasteiger partial charge on any atom is 0.00674 e. The average molecular weight is 158 g/mol. The highest BCUT2D eigenvalue weighted by Gasteiger charge is 2.13. The van der Waals surface area contributed by atoms with Crippen LogP contribution in [0.25, 0.3) is 0 Å². The molecular weight excluding hydrogens is 136 g/mol. The van der Waals surface area contributed by atoms with Crippen LogP contribution in [0.4, 0.5) is 0 Å². The molecule has 2 heteroatoms. The van der Waals surface area contributed by atoms with Gasteiger partial charge in [-0.15, -0.1) is 0 Å². The van der Waals surface area contributed by atoms with E-state index in [2.05, 4.69) is 13.8 Å². The number of nitrogens with two attached hydrogens (primary N) is 2. The van der Waals surface area contributed by atoms with Gasteiger partial charge in [0.05, 0.1) is 0 Å². The third-order valence-electron chi connectivity index (χ3n) is 2.29. The minimum atomic E-state index is 0.369. The van der Waals surface area contributed by atoms with Crippen LogP contribution in [0.2, 0.25) is 0 Å². The third-order valence-corrected chi connectivity index (χ3v) is 2.29. The number of rotatable bonds is 6. The summed E-state index contributed by atoms with van der Waals surface area (Å²) >= 11 is 0. The van der Waals surface area contributed by atoms with Gasteiger partial charge in [0.1, 0.15) is 0 Å². The molecule has 11 heavy (non-hydrogen) atoms. The summed E-state index contributed by atoms with van der Waals surface area (Å²) in [5.41, 5.74) is 11.5. The summed E-state index contributed by atoms with van der Waals surface area (Å²) in [4.78, 5) is 0. The molecule has 0 aliphatic heterocycles. The molecule has 0 radical (unpaired) electrons. The Morgan fingerprint density at radius 2 is 1.82 bits per heavy atom. The van der Waals surface area contributed by atoms with Gasteiger partial charge in [0.15, 0.2) is 0 Å². The summed E-state index contributed by atoms with van der Waals surface area (Å²) in [6, 6.07) is 0.369. The molecule has 0 aliphatic rings. The van der Waals surface area contributed by atoms with E-state index < -0.39 is 0 Å². The summed E-state index contributed by atoms with van der Waals surface area (Å²) in [6.07, 6.45) is 4.57. The second-order valence-corrected chi connectivity index (χ2v) is 3.20. The van der Waals surface area contributed by atoms with E-state index in [1.54, 1.807) is 0 Å². The Morgan fingerprint density at radius 3 is 2.18 bits per heavy atom. The van der Waals surface area contributed by atoms with Crippen molar-refractivity contribution in [3.05, 3.63) is 0 Å². The lowest BCUT2D eigenvalue weighted by atomic mass is 9.91. The Bertz CT molecular complexity index is 83.6. The molecular formula is C9H22N2. The van der Waals surface area contributed by atoms with E-state index in [4.69, 9.17) is 11.5 Å². The summed E-state index contributed by atoms with van der Waals surface area (Å²) in [7, 11) is 0. The van der Waals surface area contributed by atoms with Crippen molar-refractivity contribution < 1.29 is 0 Å². The van der Waals surface area contributed by atoms with Crippen molar-refractivity contribution in [1.29, 1.82) is 0 Å². The van der Waals surface area contributed by atoms with Gasteiger partial charge in [-0.3, -0.25) is 0 Å². The van der Waals surface area contributed by atoms with Crippen LogP contribution < -0.4 is 11.5 Å². The predicted octanol–water partition coefficient (Wildman–Crippen LogP) is 1.49. The Hall–Kier alpha value is -0.0800. The minimum absolute atomic E-state index is 0.369. The lowest BCUT2D eigenvalue weighted by molar-refractivity contribution is 0.367. The molecule has 0 aromatic rings. The normalized spacial score (nSPS) is 16.4. The smallest absolute Gasteiger partial charge is 0.00674 e. The van der Waals surface area contributed by atoms with Crippen molar-refractivity contribution in [2.24, 2.45) is 17.4 Å². The van der Waals surface area contributed by atoms with Crippen LogP contribution in [0.1, 0.15) is 39.5 Å². The van der Waals surface area contributed by atoms with Gasteiger partial charge in [-0.05, 0) is 25.3 Å². The first kappa shape index (κ1) is 10.9. The first-order valence-corrected chi connectivity index (χ1v) is 4.71. The van der Waals surface area contributed by atoms with Gasteiger partial charge in [0.2, 0.25) is 0 Å². The van der Waals surface area contributed by atoms with Gasteiger partial charge >= 0.3 is 0 Å². The van der Waals surface area contributed by atoms with Crippen LogP contribution in [0.15, 0.2) is 0 Å². The Morgan fingerprint density at radius 1 is 1.18 bits per heavy atom. The van der Waals surface area contributed by atoms with Gasteiger partial charge in [-0.25, -0.2) is 0 Å². The maximum atomic E-state index is 5.97. The second kappa shape index (κ2) is 6.62. The second-order valence-electron chi connectivity index (χ2n) is 3.20. The average Bonchev–Trinajstić information content (AvgIpc) is 2.00. The van der Waals surface area contributed by atoms with Gasteiger partial charge in [-0.1, -0.05) is 26.7 Å². The lowest BCUT2D eigenvalue weighted by Gasteiger charge is -2.21. The summed E-state index contributed by atoms with van der Waals surface area (Å²) < 4.78 is 0. The van der Waals surface area contributed by atoms with Gasteiger partial charge in [-0.2, -0.15) is 0 Å². The molecule has 0 aromatic heterocycles. The zero-order chi connectivity index (χ0) is 8.69. The Balaban J connectivity index is 3.61. The van der Waals surface area contributed by atoms with E-state index in [0.29, 0.717) is 12.0 Å². The highest BCUT2D eigenvalue weighted by Crippen LogP contribution is 2.14. The largest absolute Gasteiger partial charge is 0.330 e. The van der Waals surface area contributed by atoms with E-state index >= 15 is 0 Å². The van der Waals surface area contributed by atoms with Crippen molar-refractivity contribution in [3.63, 3.8) is 0 Å². The fraction of sp³-hybridized carbons (Fsp3) is 1.00. The van der Waals surface area contributed by atoms with Crippen molar-refractivity contribution in [2.75, 3.05) is 6.54 Å². The van der Waals surface area contributed by atoms with Crippen LogP contribution in [0.3, 0.4) is 0 Å². The van der Waals surface area contributed by atoms with E-state index in [1.807, 2.05) is 0 Å². The van der Waals surface area contributed by atoms with Crippen molar-refractivity contribution >= 4 is 0 Å². The van der Waals surface area contributed by atoms with E-state index in [-0.39, 0.29) is 0 Å². The molecule has 2 atom stereocenters. The van der Waals surface area contributed by atoms with Crippen LogP contribution in [0, 0.1) is 5.92 Å². The third kappa shape index (κ3) is 4.38. The van der Waals surface area contributed by atoms with Crippen LogP contribution in [0.5, 0.6) is 0 Å². The van der Waals surface area contributed by atoms with Crippen LogP contribution in [-0.2, 0) is 0 Å². The summed E-state index contributed by atoms with van der Waals surface area (Å²) in [5.74, 6) is 0.639. The molecule has 2 unspecified atom stereocenters. The maximum absolute atomic E-state index is 5.97. The molecule has 0 amide bonds. The fourth-order valence-corrected chi connectivity index (χ4v) is 1.50. The van der Waals surface area contributed by atoms with Crippen LogP contribution in [-0.4, -0.2) is 12.6 Å². The molecule has 0 fully saturated rings. The lowest BCUT2D eigenvalue weighted by Crippen LogP contribution is -2.31. The van der Waals surface area contributed by atoms with E-state index in [1.165, 1.54) is 12.8 Å². The van der Waals surface area contributed by atoms with Crippen LogP contribution >= 0.6 is 0 Å². The highest BCUT2D eigenvalue weighted by atomic mass is 14.7. The van der Waals surface area contributed by atoms with Gasteiger partial charge in [0.25, 0.3) is 0 Å². The molecule has 0 saturated heterocycles. The quantitative estimate of drug-likeness (QED) is 0.615. The van der Waals surface area contributed by atoms with E-state index in [0.717, 1.165) is 19.4 Å². The number of hydrogen-bond acceptors (Lipinski definition) is 2. The molecule has 68 valence electrons. The standard InChI is InChI=1S/C9H22N2/c1-3-5-9(11)8(4-2)6-7-10/h8-9H,3-7,10-11H2,1-2H3. The summed E-state index contributed by atoms with van der Waals surface area (Å²) in [5, 5.41) is 0. The van der Waals surface area contributed by atoms with Crippen molar-refractivity contribution in [2.45, 2.75) is 45.6 Å². The molecule has 0 aliphatic carbocycles. The predicted molar refractivity (Wildman–Crippen MR) is 50.3 cm³/mol. The molecule has 0 saturated carbocycles. The first-order valence-electron chi connectivity index (χ1n) is 4.71. The molecule has 0 aromatic carbocycles. The van der Waals surface area contributed by atoms with Gasteiger partial charge < -0.3 is 11.5 Å². The molecule has 4 N–H and O–H groups in total. The summed E-state index contributed by atoms with van der Waals surface area (Å²) in [6.45, 7) is 5.14. The Labute approximate surface area is 70.3 Å². The van der Waals surface area contributed by atoms with E-state index in [9.17, 15) is 0 Å². The van der Waals surface area contributed by atoms with Crippen molar-refractivity contribution in [3.8, 4) is 0 Å². The zero-order valence-corrected chi connectivity index (χ0v) is 7.84.